The predicted molar refractivity (Wildman–Crippen MR) is 84.8 cm³/mol. The van der Waals surface area contributed by atoms with Crippen molar-refractivity contribution in [2.24, 2.45) is 5.92 Å². The number of piperidine rings is 1. The Balaban J connectivity index is 1.43. The van der Waals surface area contributed by atoms with Crippen LogP contribution in [0.4, 0.5) is 0 Å². The highest BCUT2D eigenvalue weighted by molar-refractivity contribution is 5.22. The van der Waals surface area contributed by atoms with Crippen molar-refractivity contribution in [2.45, 2.75) is 51.6 Å². The summed E-state index contributed by atoms with van der Waals surface area (Å²) in [6.45, 7) is 7.19. The third-order valence-electron chi connectivity index (χ3n) is 4.73. The average Bonchev–Trinajstić information content (AvgIpc) is 3.28. The van der Waals surface area contributed by atoms with Crippen LogP contribution in [0.3, 0.4) is 0 Å². The van der Waals surface area contributed by atoms with E-state index in [1.54, 1.807) is 0 Å². The second-order valence-electron chi connectivity index (χ2n) is 6.75. The average molecular weight is 272 g/mol. The van der Waals surface area contributed by atoms with Crippen LogP contribution >= 0.6 is 0 Å². The van der Waals surface area contributed by atoms with Gasteiger partial charge in [0.05, 0.1) is 0 Å². The minimum Gasteiger partial charge on any atom is -0.314 e. The second kappa shape index (κ2) is 6.73. The fourth-order valence-corrected chi connectivity index (χ4v) is 3.00. The van der Waals surface area contributed by atoms with Gasteiger partial charge in [-0.25, -0.2) is 0 Å². The van der Waals surface area contributed by atoms with E-state index in [1.165, 1.54) is 49.9 Å². The van der Waals surface area contributed by atoms with Crippen LogP contribution in [0.25, 0.3) is 0 Å². The standard InChI is InChI=1S/C18H28N2/c1-15-9-12-20(13-10-15)14-17-4-2-16(3-5-17)8-11-19-18-6-7-18/h2-5,15,18-19H,6-14H2,1H3. The summed E-state index contributed by atoms with van der Waals surface area (Å²) in [4.78, 5) is 2.60. The van der Waals surface area contributed by atoms with Crippen LogP contribution in [0.5, 0.6) is 0 Å². The van der Waals surface area contributed by atoms with Crippen molar-refractivity contribution in [3.8, 4) is 0 Å². The molecule has 0 amide bonds. The lowest BCUT2D eigenvalue weighted by molar-refractivity contribution is 0.185. The highest BCUT2D eigenvalue weighted by atomic mass is 15.1. The summed E-state index contributed by atoms with van der Waals surface area (Å²) in [6, 6.07) is 10.1. The Labute approximate surface area is 123 Å². The van der Waals surface area contributed by atoms with Crippen molar-refractivity contribution in [2.75, 3.05) is 19.6 Å². The third-order valence-corrected chi connectivity index (χ3v) is 4.73. The molecule has 1 aliphatic heterocycles. The molecule has 2 fully saturated rings. The van der Waals surface area contributed by atoms with Crippen molar-refractivity contribution in [3.63, 3.8) is 0 Å². The van der Waals surface area contributed by atoms with E-state index in [0.29, 0.717) is 0 Å². The van der Waals surface area contributed by atoms with E-state index in [9.17, 15) is 0 Å². The first kappa shape index (κ1) is 14.1. The van der Waals surface area contributed by atoms with Gasteiger partial charge in [-0.1, -0.05) is 31.2 Å². The summed E-state index contributed by atoms with van der Waals surface area (Å²) in [7, 11) is 0. The number of likely N-dealkylation sites (tertiary alicyclic amines) is 1. The monoisotopic (exact) mass is 272 g/mol. The maximum absolute atomic E-state index is 3.58. The Morgan fingerprint density at radius 3 is 2.30 bits per heavy atom. The second-order valence-corrected chi connectivity index (χ2v) is 6.75. The zero-order valence-corrected chi connectivity index (χ0v) is 12.8. The first-order valence-corrected chi connectivity index (χ1v) is 8.33. The molecule has 0 unspecified atom stereocenters. The summed E-state index contributed by atoms with van der Waals surface area (Å²) in [5.74, 6) is 0.924. The molecule has 0 radical (unpaired) electrons. The lowest BCUT2D eigenvalue weighted by Crippen LogP contribution is -2.32. The van der Waals surface area contributed by atoms with Crippen LogP contribution in [0.1, 0.15) is 43.7 Å². The molecule has 0 atom stereocenters. The molecule has 3 rings (SSSR count). The lowest BCUT2D eigenvalue weighted by atomic mass is 9.98. The molecule has 2 aliphatic rings. The summed E-state index contributed by atoms with van der Waals surface area (Å²) in [5.41, 5.74) is 2.94. The Morgan fingerprint density at radius 2 is 1.65 bits per heavy atom. The highest BCUT2D eigenvalue weighted by Gasteiger charge is 2.19. The molecule has 110 valence electrons. The van der Waals surface area contributed by atoms with Crippen molar-refractivity contribution in [1.82, 2.24) is 10.2 Å². The van der Waals surface area contributed by atoms with E-state index in [4.69, 9.17) is 0 Å². The Kier molecular flexibility index (Phi) is 4.74. The van der Waals surface area contributed by atoms with Gasteiger partial charge in [0.1, 0.15) is 0 Å². The van der Waals surface area contributed by atoms with Crippen LogP contribution in [0, 0.1) is 5.92 Å². The maximum atomic E-state index is 3.58. The summed E-state index contributed by atoms with van der Waals surface area (Å²) >= 11 is 0. The van der Waals surface area contributed by atoms with Gasteiger partial charge in [-0.15, -0.1) is 0 Å². The van der Waals surface area contributed by atoms with Gasteiger partial charge in [0.25, 0.3) is 0 Å². The lowest BCUT2D eigenvalue weighted by Gasteiger charge is -2.30. The van der Waals surface area contributed by atoms with E-state index in [-0.39, 0.29) is 0 Å². The van der Waals surface area contributed by atoms with Crippen molar-refractivity contribution in [3.05, 3.63) is 35.4 Å². The molecular formula is C18H28N2. The van der Waals surface area contributed by atoms with Gasteiger partial charge in [-0.3, -0.25) is 4.90 Å². The number of benzene rings is 1. The fourth-order valence-electron chi connectivity index (χ4n) is 3.00. The molecule has 1 N–H and O–H groups in total. The van der Waals surface area contributed by atoms with Crippen LogP contribution in [-0.2, 0) is 13.0 Å². The van der Waals surface area contributed by atoms with Crippen LogP contribution < -0.4 is 5.32 Å². The van der Waals surface area contributed by atoms with Gasteiger partial charge in [-0.05, 0) is 68.8 Å². The van der Waals surface area contributed by atoms with Crippen molar-refractivity contribution < 1.29 is 0 Å². The van der Waals surface area contributed by atoms with Gasteiger partial charge in [0, 0.05) is 12.6 Å². The van der Waals surface area contributed by atoms with Crippen LogP contribution in [0.2, 0.25) is 0 Å². The number of rotatable bonds is 6. The summed E-state index contributed by atoms with van der Waals surface area (Å²) in [6.07, 6.45) is 6.66. The molecule has 2 nitrogen and oxygen atoms in total. The van der Waals surface area contributed by atoms with Crippen molar-refractivity contribution in [1.29, 1.82) is 0 Å². The number of nitrogens with zero attached hydrogens (tertiary/aromatic N) is 1. The predicted octanol–water partition coefficient (Wildman–Crippen LogP) is 3.21. The van der Waals surface area contributed by atoms with E-state index >= 15 is 0 Å². The zero-order valence-electron chi connectivity index (χ0n) is 12.8. The molecule has 1 heterocycles. The smallest absolute Gasteiger partial charge is 0.0233 e. The van der Waals surface area contributed by atoms with Crippen LogP contribution in [-0.4, -0.2) is 30.6 Å². The largest absolute Gasteiger partial charge is 0.314 e. The highest BCUT2D eigenvalue weighted by Crippen LogP contribution is 2.19. The van der Waals surface area contributed by atoms with E-state index in [0.717, 1.165) is 31.5 Å². The van der Waals surface area contributed by atoms with Crippen molar-refractivity contribution >= 4 is 0 Å². The number of hydrogen-bond donors (Lipinski definition) is 1. The van der Waals surface area contributed by atoms with E-state index in [2.05, 4.69) is 41.4 Å². The normalized spacial score (nSPS) is 21.2. The molecule has 0 bridgehead atoms. The molecule has 20 heavy (non-hydrogen) atoms. The quantitative estimate of drug-likeness (QED) is 0.855. The minimum atomic E-state index is 0.829. The summed E-state index contributed by atoms with van der Waals surface area (Å²) < 4.78 is 0. The zero-order chi connectivity index (χ0) is 13.8. The topological polar surface area (TPSA) is 15.3 Å². The molecule has 0 aromatic heterocycles. The first-order valence-electron chi connectivity index (χ1n) is 8.33. The number of hydrogen-bond acceptors (Lipinski definition) is 2. The van der Waals surface area contributed by atoms with Gasteiger partial charge >= 0.3 is 0 Å². The summed E-state index contributed by atoms with van der Waals surface area (Å²) in [5, 5.41) is 3.58. The van der Waals surface area contributed by atoms with Gasteiger partial charge in [-0.2, -0.15) is 0 Å². The molecule has 1 aromatic carbocycles. The SMILES string of the molecule is CC1CCN(Cc2ccc(CCNC3CC3)cc2)CC1. The van der Waals surface area contributed by atoms with Gasteiger partial charge in [0.15, 0.2) is 0 Å². The molecule has 1 saturated heterocycles. The first-order chi connectivity index (χ1) is 9.79. The van der Waals surface area contributed by atoms with E-state index in [1.807, 2.05) is 0 Å². The fraction of sp³-hybridized carbons (Fsp3) is 0.667. The van der Waals surface area contributed by atoms with Crippen LogP contribution in [0.15, 0.2) is 24.3 Å². The van der Waals surface area contributed by atoms with E-state index < -0.39 is 0 Å². The Morgan fingerprint density at radius 1 is 1.00 bits per heavy atom. The molecule has 2 heteroatoms. The Bertz CT molecular complexity index is 400. The Hall–Kier alpha value is -0.860. The maximum Gasteiger partial charge on any atom is 0.0233 e. The molecule has 1 aromatic rings. The molecule has 1 saturated carbocycles. The third kappa shape index (κ3) is 4.32. The molecular weight excluding hydrogens is 244 g/mol. The number of nitrogens with one attached hydrogen (secondary N) is 1. The minimum absolute atomic E-state index is 0.829. The van der Waals surface area contributed by atoms with Gasteiger partial charge < -0.3 is 5.32 Å². The van der Waals surface area contributed by atoms with Gasteiger partial charge in [0.2, 0.25) is 0 Å². The molecule has 0 spiro atoms. The molecule has 1 aliphatic carbocycles.